The highest BCUT2D eigenvalue weighted by atomic mass is 32.2. The molecule has 1 aromatic carbocycles. The third kappa shape index (κ3) is 3.35. The largest absolute Gasteiger partial charge is 0.416 e. The maximum atomic E-state index is 12.6. The molecule has 0 aliphatic carbocycles. The van der Waals surface area contributed by atoms with Crippen molar-refractivity contribution in [2.24, 2.45) is 7.05 Å². The molecule has 5 nitrogen and oxygen atoms in total. The number of nitrogens with one attached hydrogen (secondary N) is 1. The zero-order valence-corrected chi connectivity index (χ0v) is 12.0. The molecule has 0 amide bonds. The van der Waals surface area contributed by atoms with Crippen LogP contribution in [0.4, 0.5) is 18.9 Å². The van der Waals surface area contributed by atoms with Crippen LogP contribution < -0.4 is 4.72 Å². The molecule has 2 rings (SSSR count). The van der Waals surface area contributed by atoms with Crippen molar-refractivity contribution in [2.75, 3.05) is 4.72 Å². The molecule has 0 atom stereocenters. The van der Waals surface area contributed by atoms with Gasteiger partial charge in [-0.05, 0) is 25.1 Å². The topological polar surface area (TPSA) is 64.0 Å². The fourth-order valence-electron chi connectivity index (χ4n) is 1.62. The number of rotatable bonds is 3. The predicted molar refractivity (Wildman–Crippen MR) is 70.2 cm³/mol. The first-order valence-corrected chi connectivity index (χ1v) is 7.28. The number of nitrogens with zero attached hydrogens (tertiary/aromatic N) is 2. The highest BCUT2D eigenvalue weighted by Crippen LogP contribution is 2.31. The van der Waals surface area contributed by atoms with E-state index >= 15 is 0 Å². The molecule has 0 saturated heterocycles. The van der Waals surface area contributed by atoms with E-state index in [1.807, 2.05) is 0 Å². The minimum absolute atomic E-state index is 0.173. The monoisotopic (exact) mass is 319 g/mol. The average Bonchev–Trinajstić information content (AvgIpc) is 2.69. The van der Waals surface area contributed by atoms with Crippen LogP contribution in [0.1, 0.15) is 11.4 Å². The van der Waals surface area contributed by atoms with Crippen molar-refractivity contribution in [1.29, 1.82) is 0 Å². The Labute approximate surface area is 119 Å². The summed E-state index contributed by atoms with van der Waals surface area (Å²) in [6.45, 7) is 1.61. The van der Waals surface area contributed by atoms with E-state index in [0.717, 1.165) is 18.2 Å². The standard InChI is InChI=1S/C12H12F3N3O2S/c1-8-16-11(7-18(8)2)21(19,20)17-10-5-3-4-9(6-10)12(13,14)15/h3-7,17H,1-2H3. The van der Waals surface area contributed by atoms with Gasteiger partial charge in [-0.1, -0.05) is 6.07 Å². The SMILES string of the molecule is Cc1nc(S(=O)(=O)Nc2cccc(C(F)(F)F)c2)cn1C. The molecule has 0 spiro atoms. The van der Waals surface area contributed by atoms with Gasteiger partial charge in [-0.3, -0.25) is 4.72 Å². The zero-order chi connectivity index (χ0) is 15.8. The van der Waals surface area contributed by atoms with Crippen molar-refractivity contribution in [1.82, 2.24) is 9.55 Å². The van der Waals surface area contributed by atoms with E-state index < -0.39 is 21.8 Å². The molecule has 0 bridgehead atoms. The number of aromatic nitrogens is 2. The van der Waals surface area contributed by atoms with Crippen molar-refractivity contribution in [2.45, 2.75) is 18.1 Å². The summed E-state index contributed by atoms with van der Waals surface area (Å²) in [6.07, 6.45) is -3.26. The second-order valence-corrected chi connectivity index (χ2v) is 6.05. The lowest BCUT2D eigenvalue weighted by Crippen LogP contribution is -2.14. The van der Waals surface area contributed by atoms with E-state index in [2.05, 4.69) is 9.71 Å². The number of benzene rings is 1. The van der Waals surface area contributed by atoms with Gasteiger partial charge in [0.05, 0.1) is 5.56 Å². The van der Waals surface area contributed by atoms with Crippen LogP contribution in [0.15, 0.2) is 35.5 Å². The Morgan fingerprint density at radius 1 is 1.29 bits per heavy atom. The lowest BCUT2D eigenvalue weighted by atomic mass is 10.2. The molecule has 1 aromatic heterocycles. The molecule has 0 aliphatic heterocycles. The van der Waals surface area contributed by atoms with Crippen molar-refractivity contribution in [3.63, 3.8) is 0 Å². The van der Waals surface area contributed by atoms with Crippen LogP contribution in [-0.2, 0) is 23.2 Å². The van der Waals surface area contributed by atoms with Gasteiger partial charge in [0.25, 0.3) is 10.0 Å². The van der Waals surface area contributed by atoms with E-state index in [1.165, 1.54) is 16.8 Å². The van der Waals surface area contributed by atoms with Crippen molar-refractivity contribution in [3.8, 4) is 0 Å². The van der Waals surface area contributed by atoms with Gasteiger partial charge >= 0.3 is 6.18 Å². The molecule has 9 heteroatoms. The number of hydrogen-bond acceptors (Lipinski definition) is 3. The van der Waals surface area contributed by atoms with E-state index in [1.54, 1.807) is 14.0 Å². The molecule has 0 unspecified atom stereocenters. The lowest BCUT2D eigenvalue weighted by Gasteiger charge is -2.10. The molecule has 2 aromatic rings. The van der Waals surface area contributed by atoms with Gasteiger partial charge in [0.1, 0.15) is 5.82 Å². The van der Waals surface area contributed by atoms with Gasteiger partial charge in [0, 0.05) is 18.9 Å². The van der Waals surface area contributed by atoms with Crippen molar-refractivity contribution in [3.05, 3.63) is 41.9 Å². The minimum atomic E-state index is -4.54. The van der Waals surface area contributed by atoms with Crippen LogP contribution in [0, 0.1) is 6.92 Å². The Balaban J connectivity index is 2.33. The van der Waals surface area contributed by atoms with Crippen molar-refractivity contribution < 1.29 is 21.6 Å². The zero-order valence-electron chi connectivity index (χ0n) is 11.1. The summed E-state index contributed by atoms with van der Waals surface area (Å²) in [5, 5.41) is -0.250. The van der Waals surface area contributed by atoms with Crippen LogP contribution in [0.3, 0.4) is 0 Å². The normalized spacial score (nSPS) is 12.4. The van der Waals surface area contributed by atoms with Crippen LogP contribution >= 0.6 is 0 Å². The fourth-order valence-corrected chi connectivity index (χ4v) is 2.71. The van der Waals surface area contributed by atoms with Gasteiger partial charge in [-0.15, -0.1) is 0 Å². The number of imidazole rings is 1. The molecular formula is C12H12F3N3O2S. The summed E-state index contributed by atoms with van der Waals surface area (Å²) in [7, 11) is -2.41. The molecule has 0 fully saturated rings. The maximum absolute atomic E-state index is 12.6. The van der Waals surface area contributed by atoms with Crippen LogP contribution in [0.2, 0.25) is 0 Å². The van der Waals surface area contributed by atoms with E-state index in [4.69, 9.17) is 0 Å². The molecule has 1 N–H and O–H groups in total. The lowest BCUT2D eigenvalue weighted by molar-refractivity contribution is -0.137. The Morgan fingerprint density at radius 3 is 2.48 bits per heavy atom. The van der Waals surface area contributed by atoms with Gasteiger partial charge in [-0.2, -0.15) is 21.6 Å². The summed E-state index contributed by atoms with van der Waals surface area (Å²) in [5.41, 5.74) is -1.10. The van der Waals surface area contributed by atoms with Gasteiger partial charge in [0.15, 0.2) is 5.03 Å². The summed E-state index contributed by atoms with van der Waals surface area (Å²) in [4.78, 5) is 3.84. The second kappa shape index (κ2) is 5.06. The van der Waals surface area contributed by atoms with Crippen LogP contribution in [0.5, 0.6) is 0 Å². The summed E-state index contributed by atoms with van der Waals surface area (Å²) in [5.74, 6) is 0.472. The first-order valence-electron chi connectivity index (χ1n) is 5.79. The molecule has 0 radical (unpaired) electrons. The molecule has 0 aliphatic rings. The first-order chi connectivity index (χ1) is 9.59. The second-order valence-electron chi connectivity index (χ2n) is 4.42. The summed E-state index contributed by atoms with van der Waals surface area (Å²) >= 11 is 0. The number of anilines is 1. The van der Waals surface area contributed by atoms with E-state index in [9.17, 15) is 21.6 Å². The molecular weight excluding hydrogens is 307 g/mol. The Hall–Kier alpha value is -2.03. The van der Waals surface area contributed by atoms with Gasteiger partial charge in [0.2, 0.25) is 0 Å². The predicted octanol–water partition coefficient (Wildman–Crippen LogP) is 2.55. The van der Waals surface area contributed by atoms with Crippen LogP contribution in [0.25, 0.3) is 0 Å². The Kier molecular flexibility index (Phi) is 3.70. The quantitative estimate of drug-likeness (QED) is 0.945. The number of aryl methyl sites for hydroxylation is 2. The number of hydrogen-bond donors (Lipinski definition) is 1. The Morgan fingerprint density at radius 2 is 1.95 bits per heavy atom. The number of alkyl halides is 3. The van der Waals surface area contributed by atoms with Crippen molar-refractivity contribution >= 4 is 15.7 Å². The molecule has 0 saturated carbocycles. The highest BCUT2D eigenvalue weighted by Gasteiger charge is 2.30. The summed E-state index contributed by atoms with van der Waals surface area (Å²) < 4.78 is 65.5. The van der Waals surface area contributed by atoms with Gasteiger partial charge in [-0.25, -0.2) is 4.98 Å². The minimum Gasteiger partial charge on any atom is -0.337 e. The molecule has 1 heterocycles. The average molecular weight is 319 g/mol. The van der Waals surface area contributed by atoms with Crippen LogP contribution in [-0.4, -0.2) is 18.0 Å². The number of sulfonamides is 1. The Bertz CT molecular complexity index is 747. The fraction of sp³-hybridized carbons (Fsp3) is 0.250. The third-order valence-electron chi connectivity index (χ3n) is 2.80. The highest BCUT2D eigenvalue weighted by molar-refractivity contribution is 7.92. The molecule has 21 heavy (non-hydrogen) atoms. The summed E-state index contributed by atoms with van der Waals surface area (Å²) in [6, 6.07) is 3.96. The molecule has 114 valence electrons. The maximum Gasteiger partial charge on any atom is 0.416 e. The third-order valence-corrected chi connectivity index (χ3v) is 4.06. The van der Waals surface area contributed by atoms with E-state index in [0.29, 0.717) is 5.82 Å². The smallest absolute Gasteiger partial charge is 0.337 e. The van der Waals surface area contributed by atoms with E-state index in [-0.39, 0.29) is 10.7 Å². The van der Waals surface area contributed by atoms with Gasteiger partial charge < -0.3 is 4.57 Å². The number of halogens is 3. The first kappa shape index (κ1) is 15.4.